The van der Waals surface area contributed by atoms with Crippen LogP contribution in [0.3, 0.4) is 0 Å². The van der Waals surface area contributed by atoms with Gasteiger partial charge in [-0.25, -0.2) is 8.78 Å². The zero-order chi connectivity index (χ0) is 11.4. The van der Waals surface area contributed by atoms with Crippen molar-refractivity contribution < 1.29 is 13.6 Å². The van der Waals surface area contributed by atoms with E-state index in [0.29, 0.717) is 11.1 Å². The van der Waals surface area contributed by atoms with Crippen LogP contribution in [0.25, 0.3) is 0 Å². The molecule has 0 atom stereocenters. The van der Waals surface area contributed by atoms with E-state index in [0.717, 1.165) is 0 Å². The third kappa shape index (κ3) is 2.75. The van der Waals surface area contributed by atoms with Gasteiger partial charge in [0.25, 0.3) is 6.43 Å². The molecule has 1 nitrogen and oxygen atoms in total. The highest BCUT2D eigenvalue weighted by atomic mass is 35.5. The van der Waals surface area contributed by atoms with E-state index >= 15 is 0 Å². The molecule has 0 N–H and O–H groups in total. The van der Waals surface area contributed by atoms with Crippen LogP contribution in [0.5, 0.6) is 0 Å². The Morgan fingerprint density at radius 3 is 2.67 bits per heavy atom. The van der Waals surface area contributed by atoms with E-state index in [-0.39, 0.29) is 23.6 Å². The molecule has 15 heavy (non-hydrogen) atoms. The Hall–Kier alpha value is -0.960. The summed E-state index contributed by atoms with van der Waals surface area (Å²) in [5, 5.41) is 0. The highest BCUT2D eigenvalue weighted by Crippen LogP contribution is 2.25. The number of alkyl halides is 3. The summed E-state index contributed by atoms with van der Waals surface area (Å²) >= 11 is 5.43. The zero-order valence-electron chi connectivity index (χ0n) is 8.27. The van der Waals surface area contributed by atoms with Crippen LogP contribution in [0.1, 0.15) is 34.3 Å². The molecular weight excluding hydrogens is 222 g/mol. The number of Topliss-reactive ketones (excluding diaryl/α,β-unsaturated/α-hetero) is 1. The van der Waals surface area contributed by atoms with Gasteiger partial charge in [0.2, 0.25) is 0 Å². The number of halogens is 3. The van der Waals surface area contributed by atoms with Crippen molar-refractivity contribution in [1.82, 2.24) is 0 Å². The Balaban J connectivity index is 3.09. The first kappa shape index (κ1) is 12.1. The first-order valence-corrected chi connectivity index (χ1v) is 5.08. The summed E-state index contributed by atoms with van der Waals surface area (Å²) < 4.78 is 25.0. The number of hydrogen-bond donors (Lipinski definition) is 0. The van der Waals surface area contributed by atoms with Crippen LogP contribution < -0.4 is 0 Å². The van der Waals surface area contributed by atoms with Crippen molar-refractivity contribution in [2.24, 2.45) is 0 Å². The van der Waals surface area contributed by atoms with Crippen molar-refractivity contribution in [2.45, 2.75) is 19.8 Å². The quantitative estimate of drug-likeness (QED) is 0.571. The normalized spacial score (nSPS) is 10.7. The van der Waals surface area contributed by atoms with Crippen molar-refractivity contribution in [2.75, 3.05) is 5.88 Å². The molecule has 1 rings (SSSR count). The molecule has 0 amide bonds. The average Bonchev–Trinajstić information content (AvgIpc) is 2.17. The second-order valence-electron chi connectivity index (χ2n) is 3.18. The van der Waals surface area contributed by atoms with Gasteiger partial charge in [0, 0.05) is 23.4 Å². The summed E-state index contributed by atoms with van der Waals surface area (Å²) in [5.41, 5.74) is 0.603. The van der Waals surface area contributed by atoms with Crippen LogP contribution in [0, 0.1) is 6.92 Å². The first-order chi connectivity index (χ1) is 7.07. The lowest BCUT2D eigenvalue weighted by atomic mass is 9.98. The van der Waals surface area contributed by atoms with Crippen molar-refractivity contribution in [3.05, 3.63) is 34.9 Å². The van der Waals surface area contributed by atoms with Gasteiger partial charge < -0.3 is 0 Å². The minimum Gasteiger partial charge on any atom is -0.294 e. The molecule has 82 valence electrons. The topological polar surface area (TPSA) is 17.1 Å². The number of benzene rings is 1. The highest BCUT2D eigenvalue weighted by molar-refractivity contribution is 6.19. The summed E-state index contributed by atoms with van der Waals surface area (Å²) in [6.45, 7) is 1.53. The fourth-order valence-electron chi connectivity index (χ4n) is 1.41. The average molecular weight is 233 g/mol. The van der Waals surface area contributed by atoms with Gasteiger partial charge in [-0.05, 0) is 12.5 Å². The lowest BCUT2D eigenvalue weighted by molar-refractivity contribution is 0.0988. The highest BCUT2D eigenvalue weighted by Gasteiger charge is 2.16. The van der Waals surface area contributed by atoms with E-state index in [1.165, 1.54) is 19.1 Å². The molecule has 0 spiro atoms. The Morgan fingerprint density at radius 1 is 1.47 bits per heavy atom. The van der Waals surface area contributed by atoms with Crippen molar-refractivity contribution in [1.29, 1.82) is 0 Å². The molecule has 0 radical (unpaired) electrons. The largest absolute Gasteiger partial charge is 0.294 e. The minimum atomic E-state index is -2.55. The summed E-state index contributed by atoms with van der Waals surface area (Å²) in [5.74, 6) is 0.0157. The lowest BCUT2D eigenvalue weighted by Crippen LogP contribution is -2.04. The van der Waals surface area contributed by atoms with Crippen LogP contribution in [0.4, 0.5) is 8.78 Å². The summed E-state index contributed by atoms with van der Waals surface area (Å²) in [6.07, 6.45) is -2.37. The van der Waals surface area contributed by atoms with E-state index in [9.17, 15) is 13.6 Å². The van der Waals surface area contributed by atoms with Gasteiger partial charge in [0.05, 0.1) is 0 Å². The van der Waals surface area contributed by atoms with Gasteiger partial charge in [0.1, 0.15) is 0 Å². The maximum absolute atomic E-state index is 12.5. The van der Waals surface area contributed by atoms with Crippen LogP contribution in [-0.2, 0) is 0 Å². The van der Waals surface area contributed by atoms with Gasteiger partial charge in [0.15, 0.2) is 5.78 Å². The molecule has 0 fully saturated rings. The number of ketones is 1. The Morgan fingerprint density at radius 2 is 2.13 bits per heavy atom. The maximum Gasteiger partial charge on any atom is 0.264 e. The van der Waals surface area contributed by atoms with E-state index in [1.807, 2.05) is 0 Å². The molecule has 0 aromatic heterocycles. The van der Waals surface area contributed by atoms with Crippen molar-refractivity contribution in [3.63, 3.8) is 0 Å². The SMILES string of the molecule is Cc1c(C(=O)CCCl)cccc1C(F)F. The summed E-state index contributed by atoms with van der Waals surface area (Å²) in [7, 11) is 0. The Bertz CT molecular complexity index is 364. The number of carbonyl (C=O) groups excluding carboxylic acids is 1. The molecular formula is C11H11ClF2O. The lowest BCUT2D eigenvalue weighted by Gasteiger charge is -2.09. The molecule has 1 aromatic carbocycles. The molecule has 0 aliphatic rings. The molecule has 1 aromatic rings. The molecule has 0 heterocycles. The number of rotatable bonds is 4. The van der Waals surface area contributed by atoms with Crippen LogP contribution in [-0.4, -0.2) is 11.7 Å². The van der Waals surface area contributed by atoms with E-state index in [4.69, 9.17) is 11.6 Å². The number of hydrogen-bond acceptors (Lipinski definition) is 1. The second kappa shape index (κ2) is 5.21. The van der Waals surface area contributed by atoms with Gasteiger partial charge >= 0.3 is 0 Å². The smallest absolute Gasteiger partial charge is 0.264 e. The fraction of sp³-hybridized carbons (Fsp3) is 0.364. The molecule has 0 saturated heterocycles. The van der Waals surface area contributed by atoms with Crippen LogP contribution >= 0.6 is 11.6 Å². The monoisotopic (exact) mass is 232 g/mol. The van der Waals surface area contributed by atoms with E-state index in [1.54, 1.807) is 6.07 Å². The molecule has 4 heteroatoms. The first-order valence-electron chi connectivity index (χ1n) is 4.54. The third-order valence-electron chi connectivity index (χ3n) is 2.23. The van der Waals surface area contributed by atoms with Gasteiger partial charge in [-0.3, -0.25) is 4.79 Å². The van der Waals surface area contributed by atoms with Crippen LogP contribution in [0.2, 0.25) is 0 Å². The summed E-state index contributed by atoms with van der Waals surface area (Å²) in [4.78, 5) is 11.5. The van der Waals surface area contributed by atoms with Crippen LogP contribution in [0.15, 0.2) is 18.2 Å². The molecule has 0 aliphatic carbocycles. The zero-order valence-corrected chi connectivity index (χ0v) is 9.02. The Kier molecular flexibility index (Phi) is 4.21. The molecule has 0 unspecified atom stereocenters. The number of carbonyl (C=O) groups is 1. The molecule has 0 aliphatic heterocycles. The van der Waals surface area contributed by atoms with Gasteiger partial charge in [-0.2, -0.15) is 0 Å². The summed E-state index contributed by atoms with van der Waals surface area (Å²) in [6, 6.07) is 4.35. The fourth-order valence-corrected chi connectivity index (χ4v) is 1.58. The third-order valence-corrected chi connectivity index (χ3v) is 2.42. The predicted molar refractivity (Wildman–Crippen MR) is 55.8 cm³/mol. The Labute approximate surface area is 92.1 Å². The van der Waals surface area contributed by atoms with Gasteiger partial charge in [-0.1, -0.05) is 18.2 Å². The standard InChI is InChI=1S/C11H11ClF2O/c1-7-8(10(15)5-6-12)3-2-4-9(7)11(13)14/h2-4,11H,5-6H2,1H3. The maximum atomic E-state index is 12.5. The van der Waals surface area contributed by atoms with Crippen molar-refractivity contribution in [3.8, 4) is 0 Å². The second-order valence-corrected chi connectivity index (χ2v) is 3.56. The van der Waals surface area contributed by atoms with E-state index < -0.39 is 6.43 Å². The predicted octanol–water partition coefficient (Wildman–Crippen LogP) is 3.74. The molecule has 0 bridgehead atoms. The molecule has 0 saturated carbocycles. The van der Waals surface area contributed by atoms with E-state index in [2.05, 4.69) is 0 Å². The minimum absolute atomic E-state index is 0.0876. The van der Waals surface area contributed by atoms with Crippen molar-refractivity contribution >= 4 is 17.4 Å². The van der Waals surface area contributed by atoms with Gasteiger partial charge in [-0.15, -0.1) is 11.6 Å².